The lowest BCUT2D eigenvalue weighted by Gasteiger charge is -2.13. The summed E-state index contributed by atoms with van der Waals surface area (Å²) >= 11 is 6.17. The maximum absolute atomic E-state index is 6.17. The predicted octanol–water partition coefficient (Wildman–Crippen LogP) is 2.41. The van der Waals surface area contributed by atoms with Crippen LogP contribution in [0.2, 0.25) is 5.02 Å². The number of nitrogens with one attached hydrogen (secondary N) is 3. The molecule has 10 heteroatoms. The van der Waals surface area contributed by atoms with Crippen molar-refractivity contribution < 1.29 is 0 Å². The number of hydrogen-bond donors (Lipinski definition) is 3. The van der Waals surface area contributed by atoms with Gasteiger partial charge in [0.2, 0.25) is 0 Å². The van der Waals surface area contributed by atoms with Crippen molar-refractivity contribution in [1.29, 1.82) is 0 Å². The Balaban J connectivity index is 0.00000261. The van der Waals surface area contributed by atoms with Crippen LogP contribution in [0.15, 0.2) is 41.8 Å². The summed E-state index contributed by atoms with van der Waals surface area (Å²) in [6.45, 7) is 1.96. The van der Waals surface area contributed by atoms with E-state index in [9.17, 15) is 0 Å². The van der Waals surface area contributed by atoms with Crippen molar-refractivity contribution in [2.75, 3.05) is 25.5 Å². The second-order valence-electron chi connectivity index (χ2n) is 5.60. The van der Waals surface area contributed by atoms with Crippen LogP contribution in [-0.4, -0.2) is 45.8 Å². The molecule has 0 aliphatic rings. The van der Waals surface area contributed by atoms with Gasteiger partial charge in [0.05, 0.1) is 11.6 Å². The maximum atomic E-state index is 6.17. The molecule has 0 spiro atoms. The molecule has 0 unspecified atom stereocenters. The SMILES string of the molecule is CN=C(NCCNc1ncnc2c1cnn2C)NCc1ccccc1Cl.I. The summed E-state index contributed by atoms with van der Waals surface area (Å²) in [6.07, 6.45) is 3.29. The minimum absolute atomic E-state index is 0. The van der Waals surface area contributed by atoms with Crippen LogP contribution in [0.3, 0.4) is 0 Å². The van der Waals surface area contributed by atoms with E-state index >= 15 is 0 Å². The van der Waals surface area contributed by atoms with Crippen LogP contribution < -0.4 is 16.0 Å². The maximum Gasteiger partial charge on any atom is 0.191 e. The van der Waals surface area contributed by atoms with Gasteiger partial charge in [-0.3, -0.25) is 9.67 Å². The van der Waals surface area contributed by atoms with E-state index in [1.54, 1.807) is 17.9 Å². The summed E-state index contributed by atoms with van der Waals surface area (Å²) < 4.78 is 1.72. The molecule has 0 atom stereocenters. The van der Waals surface area contributed by atoms with E-state index in [0.717, 1.165) is 27.4 Å². The fraction of sp³-hybridized carbons (Fsp3) is 0.294. The van der Waals surface area contributed by atoms with E-state index in [1.165, 1.54) is 6.33 Å². The number of aryl methyl sites for hydroxylation is 1. The molecular weight excluding hydrogens is 479 g/mol. The van der Waals surface area contributed by atoms with Crippen LogP contribution >= 0.6 is 35.6 Å². The Kier molecular flexibility index (Phi) is 8.04. The van der Waals surface area contributed by atoms with Gasteiger partial charge in [-0.2, -0.15) is 5.10 Å². The standard InChI is InChI=1S/C17H21ClN8.HI/c1-19-17(22-9-12-5-3-4-6-14(12)18)21-8-7-20-15-13-10-25-26(2)16(13)24-11-23-15;/h3-6,10-11H,7-9H2,1-2H3,(H2,19,21,22)(H,20,23,24);1H. The number of anilines is 1. The molecule has 8 nitrogen and oxygen atoms in total. The van der Waals surface area contributed by atoms with Crippen LogP contribution in [0, 0.1) is 0 Å². The summed E-state index contributed by atoms with van der Waals surface area (Å²) in [5.41, 5.74) is 1.82. The first kappa shape index (κ1) is 21.2. The average Bonchev–Trinajstić information content (AvgIpc) is 3.04. The first-order valence-electron chi connectivity index (χ1n) is 8.23. The average molecular weight is 501 g/mol. The van der Waals surface area contributed by atoms with Crippen molar-refractivity contribution in [2.45, 2.75) is 6.54 Å². The zero-order chi connectivity index (χ0) is 18.4. The summed E-state index contributed by atoms with van der Waals surface area (Å²) in [7, 11) is 3.59. The summed E-state index contributed by atoms with van der Waals surface area (Å²) in [4.78, 5) is 12.7. The van der Waals surface area contributed by atoms with Gasteiger partial charge in [-0.1, -0.05) is 29.8 Å². The van der Waals surface area contributed by atoms with Crippen molar-refractivity contribution >= 4 is 58.4 Å². The van der Waals surface area contributed by atoms with Crippen LogP contribution in [0.25, 0.3) is 11.0 Å². The highest BCUT2D eigenvalue weighted by atomic mass is 127. The molecule has 144 valence electrons. The quantitative estimate of drug-likeness (QED) is 0.208. The van der Waals surface area contributed by atoms with Crippen molar-refractivity contribution in [3.8, 4) is 0 Å². The van der Waals surface area contributed by atoms with E-state index in [-0.39, 0.29) is 24.0 Å². The Hall–Kier alpha value is -2.14. The number of aromatic nitrogens is 4. The van der Waals surface area contributed by atoms with Gasteiger partial charge in [-0.15, -0.1) is 24.0 Å². The Morgan fingerprint density at radius 1 is 1.19 bits per heavy atom. The van der Waals surface area contributed by atoms with E-state index in [0.29, 0.717) is 25.6 Å². The lowest BCUT2D eigenvalue weighted by Crippen LogP contribution is -2.39. The second-order valence-corrected chi connectivity index (χ2v) is 6.01. The van der Waals surface area contributed by atoms with Crippen molar-refractivity contribution in [1.82, 2.24) is 30.4 Å². The Labute approximate surface area is 179 Å². The van der Waals surface area contributed by atoms with E-state index in [1.807, 2.05) is 31.3 Å². The molecule has 3 aromatic rings. The topological polar surface area (TPSA) is 92.1 Å². The molecule has 0 amide bonds. The molecule has 3 rings (SSSR count). The zero-order valence-corrected chi connectivity index (χ0v) is 18.2. The molecule has 27 heavy (non-hydrogen) atoms. The number of nitrogens with zero attached hydrogens (tertiary/aromatic N) is 5. The highest BCUT2D eigenvalue weighted by Gasteiger charge is 2.07. The van der Waals surface area contributed by atoms with Crippen LogP contribution in [0.4, 0.5) is 5.82 Å². The minimum Gasteiger partial charge on any atom is -0.368 e. The molecule has 0 fully saturated rings. The van der Waals surface area contributed by atoms with Crippen molar-refractivity contribution in [3.63, 3.8) is 0 Å². The zero-order valence-electron chi connectivity index (χ0n) is 15.1. The fourth-order valence-electron chi connectivity index (χ4n) is 2.51. The number of rotatable bonds is 6. The van der Waals surface area contributed by atoms with Crippen molar-refractivity contribution in [2.24, 2.45) is 12.0 Å². The summed E-state index contributed by atoms with van der Waals surface area (Å²) in [5, 5.41) is 15.6. The van der Waals surface area contributed by atoms with E-state index < -0.39 is 0 Å². The molecule has 2 heterocycles. The molecule has 0 bridgehead atoms. The van der Waals surface area contributed by atoms with Crippen LogP contribution in [0.5, 0.6) is 0 Å². The van der Waals surface area contributed by atoms with E-state index in [4.69, 9.17) is 11.6 Å². The van der Waals surface area contributed by atoms with Gasteiger partial charge in [0, 0.05) is 38.8 Å². The molecule has 0 aliphatic heterocycles. The molecular formula is C17H22ClIN8. The minimum atomic E-state index is 0. The molecule has 3 N–H and O–H groups in total. The smallest absolute Gasteiger partial charge is 0.191 e. The van der Waals surface area contributed by atoms with Gasteiger partial charge in [0.1, 0.15) is 12.1 Å². The Bertz CT molecular complexity index is 911. The van der Waals surface area contributed by atoms with Crippen molar-refractivity contribution in [3.05, 3.63) is 47.4 Å². The summed E-state index contributed by atoms with van der Waals surface area (Å²) in [6, 6.07) is 7.73. The molecule has 0 saturated heterocycles. The number of aliphatic imine (C=N–C) groups is 1. The summed E-state index contributed by atoms with van der Waals surface area (Å²) in [5.74, 6) is 1.48. The number of hydrogen-bond acceptors (Lipinski definition) is 5. The third kappa shape index (κ3) is 5.42. The number of fused-ring (bicyclic) bond motifs is 1. The predicted molar refractivity (Wildman–Crippen MR) is 120 cm³/mol. The molecule has 0 aliphatic carbocycles. The van der Waals surface area contributed by atoms with Gasteiger partial charge in [0.25, 0.3) is 0 Å². The lowest BCUT2D eigenvalue weighted by molar-refractivity contribution is 0.785. The molecule has 0 saturated carbocycles. The highest BCUT2D eigenvalue weighted by Crippen LogP contribution is 2.17. The van der Waals surface area contributed by atoms with Gasteiger partial charge in [-0.25, -0.2) is 9.97 Å². The number of halogens is 2. The highest BCUT2D eigenvalue weighted by molar-refractivity contribution is 14.0. The van der Waals surface area contributed by atoms with E-state index in [2.05, 4.69) is 36.0 Å². The molecule has 1 aromatic carbocycles. The first-order valence-corrected chi connectivity index (χ1v) is 8.61. The van der Waals surface area contributed by atoms with Gasteiger partial charge in [-0.05, 0) is 11.6 Å². The lowest BCUT2D eigenvalue weighted by atomic mass is 10.2. The van der Waals surface area contributed by atoms with Gasteiger partial charge < -0.3 is 16.0 Å². The monoisotopic (exact) mass is 500 g/mol. The second kappa shape index (κ2) is 10.3. The number of benzene rings is 1. The first-order chi connectivity index (χ1) is 12.7. The van der Waals surface area contributed by atoms with Gasteiger partial charge in [0.15, 0.2) is 11.6 Å². The van der Waals surface area contributed by atoms with Gasteiger partial charge >= 0.3 is 0 Å². The molecule has 0 radical (unpaired) electrons. The molecule has 2 aromatic heterocycles. The largest absolute Gasteiger partial charge is 0.368 e. The normalized spacial score (nSPS) is 11.1. The fourth-order valence-corrected chi connectivity index (χ4v) is 2.71. The Morgan fingerprint density at radius 2 is 2.00 bits per heavy atom. The third-order valence-corrected chi connectivity index (χ3v) is 4.24. The number of guanidine groups is 1. The Morgan fingerprint density at radius 3 is 2.78 bits per heavy atom. The third-order valence-electron chi connectivity index (χ3n) is 3.87. The van der Waals surface area contributed by atoms with Crippen LogP contribution in [0.1, 0.15) is 5.56 Å². The van der Waals surface area contributed by atoms with Crippen LogP contribution in [-0.2, 0) is 13.6 Å².